The van der Waals surface area contributed by atoms with Gasteiger partial charge in [0, 0.05) is 23.0 Å². The number of hydrogen-bond donors (Lipinski definition) is 2. The van der Waals surface area contributed by atoms with Crippen LogP contribution < -0.4 is 11.1 Å². The SMILES string of the molecule is COC(=O)NCCOC(=O)c1cc2ccc3cc2n1Cc1cc(cc2ccccc12)N=C3N. The van der Waals surface area contributed by atoms with Crippen molar-refractivity contribution in [3.8, 4) is 0 Å². The Bertz CT molecular complexity index is 1440. The fraction of sp³-hybridized carbons (Fsp3) is 0.160. The summed E-state index contributed by atoms with van der Waals surface area (Å²) in [5.41, 5.74) is 10.2. The summed E-state index contributed by atoms with van der Waals surface area (Å²) in [6.45, 7) is 0.642. The van der Waals surface area contributed by atoms with Gasteiger partial charge in [-0.2, -0.15) is 0 Å². The molecule has 0 spiro atoms. The third-order valence-corrected chi connectivity index (χ3v) is 5.71. The van der Waals surface area contributed by atoms with E-state index in [-0.39, 0.29) is 13.2 Å². The molecule has 0 atom stereocenters. The van der Waals surface area contributed by atoms with Gasteiger partial charge in [0.2, 0.25) is 0 Å². The van der Waals surface area contributed by atoms with E-state index in [2.05, 4.69) is 21.1 Å². The predicted octanol–water partition coefficient (Wildman–Crippen LogP) is 3.71. The standard InChI is InChI=1S/C25H22N4O4/c1-32-25(31)27-8-9-33-24(30)22-12-16-6-7-17-13-21(16)29(22)14-18-11-19(28-23(17)26)10-15-4-2-3-5-20(15)18/h2-7,10-13H,8-9,14H2,1H3,(H2,26,28)(H,27,31). The van der Waals surface area contributed by atoms with Gasteiger partial charge in [0.25, 0.3) is 0 Å². The Kier molecular flexibility index (Phi) is 5.18. The number of nitrogens with zero attached hydrogens (tertiary/aromatic N) is 2. The molecular formula is C25H22N4O4. The lowest BCUT2D eigenvalue weighted by Crippen LogP contribution is -2.28. The number of amidine groups is 1. The lowest BCUT2D eigenvalue weighted by molar-refractivity contribution is 0.0495. The highest BCUT2D eigenvalue weighted by atomic mass is 16.5. The quantitative estimate of drug-likeness (QED) is 0.370. The largest absolute Gasteiger partial charge is 0.459 e. The van der Waals surface area contributed by atoms with E-state index < -0.39 is 12.1 Å². The first-order valence-corrected chi connectivity index (χ1v) is 10.5. The van der Waals surface area contributed by atoms with Crippen LogP contribution in [0, 0.1) is 0 Å². The molecule has 8 nitrogen and oxygen atoms in total. The Balaban J connectivity index is 1.59. The van der Waals surface area contributed by atoms with E-state index in [0.717, 1.165) is 38.5 Å². The lowest BCUT2D eigenvalue weighted by atomic mass is 10.0. The van der Waals surface area contributed by atoms with Gasteiger partial charge in [-0.3, -0.25) is 0 Å². The number of fused-ring (bicyclic) bond motifs is 5. The molecule has 0 radical (unpaired) electrons. The molecule has 1 amide bonds. The molecule has 1 aliphatic rings. The van der Waals surface area contributed by atoms with Gasteiger partial charge >= 0.3 is 12.1 Å². The maximum Gasteiger partial charge on any atom is 0.406 e. The third-order valence-electron chi connectivity index (χ3n) is 5.71. The van der Waals surface area contributed by atoms with E-state index in [9.17, 15) is 9.59 Å². The molecule has 0 aliphatic carbocycles. The summed E-state index contributed by atoms with van der Waals surface area (Å²) in [6, 6.07) is 19.6. The average molecular weight is 442 g/mol. The van der Waals surface area contributed by atoms with Crippen molar-refractivity contribution in [1.82, 2.24) is 9.88 Å². The number of rotatable bonds is 4. The molecule has 0 unspecified atom stereocenters. The molecule has 2 heterocycles. The Morgan fingerprint density at radius 1 is 1.09 bits per heavy atom. The zero-order valence-corrected chi connectivity index (χ0v) is 18.0. The summed E-state index contributed by atoms with van der Waals surface area (Å²) >= 11 is 0. The number of ether oxygens (including phenoxy) is 2. The van der Waals surface area contributed by atoms with Crippen LogP contribution in [0.25, 0.3) is 21.7 Å². The number of aromatic nitrogens is 1. The van der Waals surface area contributed by atoms with Crippen LogP contribution in [0.5, 0.6) is 0 Å². The minimum atomic E-state index is -0.576. The summed E-state index contributed by atoms with van der Waals surface area (Å²) in [4.78, 5) is 28.8. The second-order valence-corrected chi connectivity index (χ2v) is 7.77. The van der Waals surface area contributed by atoms with Crippen LogP contribution in [0.15, 0.2) is 65.7 Å². The van der Waals surface area contributed by atoms with E-state index in [0.29, 0.717) is 18.1 Å². The van der Waals surface area contributed by atoms with Crippen molar-refractivity contribution in [3.63, 3.8) is 0 Å². The van der Waals surface area contributed by atoms with Gasteiger partial charge in [-0.15, -0.1) is 0 Å². The summed E-state index contributed by atoms with van der Waals surface area (Å²) in [5.74, 6) is -0.0654. The summed E-state index contributed by atoms with van der Waals surface area (Å²) in [5, 5.41) is 5.52. The van der Waals surface area contributed by atoms with Crippen LogP contribution in [0.2, 0.25) is 0 Å². The van der Waals surface area contributed by atoms with Crippen molar-refractivity contribution in [1.29, 1.82) is 0 Å². The first-order valence-electron chi connectivity index (χ1n) is 10.5. The first-order chi connectivity index (χ1) is 16.0. The number of aliphatic imine (C=N–C) groups is 1. The van der Waals surface area contributed by atoms with Crippen molar-refractivity contribution in [2.75, 3.05) is 20.3 Å². The molecule has 1 aliphatic heterocycles. The molecule has 3 N–H and O–H groups in total. The van der Waals surface area contributed by atoms with Crippen molar-refractivity contribution < 1.29 is 19.1 Å². The highest BCUT2D eigenvalue weighted by Gasteiger charge is 2.20. The Labute approximate surface area is 189 Å². The number of carbonyl (C=O) groups is 2. The number of hydrogen-bond acceptors (Lipinski definition) is 6. The van der Waals surface area contributed by atoms with Gasteiger partial charge in [-0.05, 0) is 40.6 Å². The molecule has 8 heteroatoms. The van der Waals surface area contributed by atoms with E-state index in [1.54, 1.807) is 0 Å². The molecule has 4 aromatic rings. The second-order valence-electron chi connectivity index (χ2n) is 7.77. The van der Waals surface area contributed by atoms with Crippen molar-refractivity contribution in [3.05, 3.63) is 77.5 Å². The second kappa shape index (κ2) is 8.31. The van der Waals surface area contributed by atoms with Crippen molar-refractivity contribution in [2.24, 2.45) is 10.7 Å². The summed E-state index contributed by atoms with van der Waals surface area (Å²) < 4.78 is 11.9. The number of esters is 1. The van der Waals surface area contributed by atoms with Crippen LogP contribution in [-0.4, -0.2) is 42.7 Å². The highest BCUT2D eigenvalue weighted by molar-refractivity contribution is 6.04. The van der Waals surface area contributed by atoms with Gasteiger partial charge in [0.15, 0.2) is 0 Å². The molecule has 4 bridgehead atoms. The minimum absolute atomic E-state index is 0.0265. The smallest absolute Gasteiger partial charge is 0.406 e. The summed E-state index contributed by atoms with van der Waals surface area (Å²) in [7, 11) is 1.28. The van der Waals surface area contributed by atoms with Gasteiger partial charge in [0.1, 0.15) is 18.1 Å². The van der Waals surface area contributed by atoms with Crippen LogP contribution in [0.1, 0.15) is 21.6 Å². The van der Waals surface area contributed by atoms with Crippen LogP contribution in [-0.2, 0) is 16.0 Å². The summed E-state index contributed by atoms with van der Waals surface area (Å²) in [6.07, 6.45) is -0.576. The number of amides is 1. The zero-order valence-electron chi connectivity index (χ0n) is 18.0. The van der Waals surface area contributed by atoms with Crippen molar-refractivity contribution in [2.45, 2.75) is 6.54 Å². The van der Waals surface area contributed by atoms with Gasteiger partial charge < -0.3 is 25.1 Å². The first kappa shape index (κ1) is 20.6. The lowest BCUT2D eigenvalue weighted by Gasteiger charge is -2.15. The van der Waals surface area contributed by atoms with Gasteiger partial charge in [-0.1, -0.05) is 36.4 Å². The fourth-order valence-corrected chi connectivity index (χ4v) is 4.14. The number of nitrogens with two attached hydrogens (primary N) is 1. The average Bonchev–Trinajstić information content (AvgIpc) is 3.19. The van der Waals surface area contributed by atoms with Crippen molar-refractivity contribution >= 4 is 45.3 Å². The zero-order chi connectivity index (χ0) is 22.9. The van der Waals surface area contributed by atoms with E-state index in [1.807, 2.05) is 59.2 Å². The molecule has 0 saturated carbocycles. The topological polar surface area (TPSA) is 108 Å². The third kappa shape index (κ3) is 3.87. The van der Waals surface area contributed by atoms with E-state index in [4.69, 9.17) is 10.5 Å². The number of benzene rings is 3. The Morgan fingerprint density at radius 2 is 1.94 bits per heavy atom. The molecular weight excluding hydrogens is 420 g/mol. The van der Waals surface area contributed by atoms with Crippen LogP contribution in [0.3, 0.4) is 0 Å². The molecule has 5 rings (SSSR count). The fourth-order valence-electron chi connectivity index (χ4n) is 4.14. The number of alkyl carbamates (subject to hydrolysis) is 1. The molecule has 1 aromatic heterocycles. The highest BCUT2D eigenvalue weighted by Crippen LogP contribution is 2.31. The maximum atomic E-state index is 13.0. The number of carbonyl (C=O) groups excluding carboxylic acids is 2. The Hall–Kier alpha value is -4.33. The van der Waals surface area contributed by atoms with E-state index >= 15 is 0 Å². The maximum absolute atomic E-state index is 13.0. The molecule has 166 valence electrons. The van der Waals surface area contributed by atoms with Crippen LogP contribution in [0.4, 0.5) is 10.5 Å². The van der Waals surface area contributed by atoms with Gasteiger partial charge in [0.05, 0.1) is 19.3 Å². The predicted molar refractivity (Wildman–Crippen MR) is 126 cm³/mol. The van der Waals surface area contributed by atoms with Crippen LogP contribution >= 0.6 is 0 Å². The molecule has 0 saturated heterocycles. The minimum Gasteiger partial charge on any atom is -0.459 e. The number of nitrogens with one attached hydrogen (secondary N) is 1. The van der Waals surface area contributed by atoms with E-state index in [1.165, 1.54) is 7.11 Å². The normalized spacial score (nSPS) is 12.5. The number of methoxy groups -OCH3 is 1. The monoisotopic (exact) mass is 442 g/mol. The molecule has 33 heavy (non-hydrogen) atoms. The Morgan fingerprint density at radius 3 is 2.79 bits per heavy atom. The molecule has 0 fully saturated rings. The molecule has 3 aromatic carbocycles. The van der Waals surface area contributed by atoms with Gasteiger partial charge in [-0.25, -0.2) is 14.6 Å².